The molecule has 0 aliphatic carbocycles. The predicted molar refractivity (Wildman–Crippen MR) is 112 cm³/mol. The number of thiazole rings is 1. The lowest BCUT2D eigenvalue weighted by Gasteiger charge is -2.20. The molecule has 2 heterocycles. The van der Waals surface area contributed by atoms with Crippen molar-refractivity contribution < 1.29 is 4.79 Å². The second-order valence-corrected chi connectivity index (χ2v) is 8.32. The number of benzene rings is 1. The normalized spacial score (nSPS) is 11.7. The summed E-state index contributed by atoms with van der Waals surface area (Å²) < 4.78 is 2.91. The molecule has 7 heteroatoms. The smallest absolute Gasteiger partial charge is 0.280 e. The Balaban J connectivity index is 1.93. The Kier molecular flexibility index (Phi) is 5.92. The lowest BCUT2D eigenvalue weighted by Crippen LogP contribution is -2.33. The molecule has 0 unspecified atom stereocenters. The molecule has 0 saturated heterocycles. The Morgan fingerprint density at radius 3 is 2.63 bits per heavy atom. The SMILES string of the molecule is Cc1cccc2sc(N(CCCN(C)C)C(=O)c3ccn(C(C)C)n3)nc12. The monoisotopic (exact) mass is 385 g/mol. The van der Waals surface area contributed by atoms with Crippen LogP contribution < -0.4 is 4.90 Å². The van der Waals surface area contributed by atoms with Gasteiger partial charge in [0.15, 0.2) is 10.8 Å². The molecule has 3 rings (SSSR count). The van der Waals surface area contributed by atoms with Crippen LogP contribution in [0.25, 0.3) is 10.2 Å². The van der Waals surface area contributed by atoms with Crippen molar-refractivity contribution in [3.63, 3.8) is 0 Å². The second kappa shape index (κ2) is 8.19. The number of carbonyl (C=O) groups is 1. The Bertz CT molecular complexity index is 927. The van der Waals surface area contributed by atoms with Gasteiger partial charge in [0, 0.05) is 18.8 Å². The fourth-order valence-electron chi connectivity index (χ4n) is 2.90. The zero-order chi connectivity index (χ0) is 19.6. The van der Waals surface area contributed by atoms with Gasteiger partial charge in [0.2, 0.25) is 0 Å². The first kappa shape index (κ1) is 19.5. The molecule has 0 saturated carbocycles. The molecule has 1 amide bonds. The van der Waals surface area contributed by atoms with Crippen molar-refractivity contribution in [2.45, 2.75) is 33.2 Å². The minimum Gasteiger partial charge on any atom is -0.309 e. The maximum Gasteiger partial charge on any atom is 0.280 e. The van der Waals surface area contributed by atoms with Crippen LogP contribution in [-0.4, -0.2) is 52.8 Å². The van der Waals surface area contributed by atoms with E-state index in [0.717, 1.165) is 33.9 Å². The van der Waals surface area contributed by atoms with Gasteiger partial charge in [-0.05, 0) is 65.5 Å². The van der Waals surface area contributed by atoms with Gasteiger partial charge in [-0.25, -0.2) is 4.98 Å². The van der Waals surface area contributed by atoms with E-state index in [4.69, 9.17) is 4.98 Å². The zero-order valence-electron chi connectivity index (χ0n) is 16.6. The van der Waals surface area contributed by atoms with Gasteiger partial charge >= 0.3 is 0 Å². The highest BCUT2D eigenvalue weighted by atomic mass is 32.1. The molecule has 144 valence electrons. The molecule has 0 bridgehead atoms. The van der Waals surface area contributed by atoms with E-state index < -0.39 is 0 Å². The van der Waals surface area contributed by atoms with Gasteiger partial charge < -0.3 is 4.90 Å². The van der Waals surface area contributed by atoms with E-state index in [2.05, 4.69) is 16.1 Å². The Morgan fingerprint density at radius 2 is 2.00 bits per heavy atom. The summed E-state index contributed by atoms with van der Waals surface area (Å²) in [4.78, 5) is 21.9. The maximum absolute atomic E-state index is 13.2. The number of carbonyl (C=O) groups excluding carboxylic acids is 1. The van der Waals surface area contributed by atoms with Crippen LogP contribution in [-0.2, 0) is 0 Å². The van der Waals surface area contributed by atoms with E-state index >= 15 is 0 Å². The molecule has 27 heavy (non-hydrogen) atoms. The van der Waals surface area contributed by atoms with E-state index in [1.807, 2.05) is 57.9 Å². The molecule has 3 aromatic rings. The van der Waals surface area contributed by atoms with Gasteiger partial charge in [-0.3, -0.25) is 14.4 Å². The highest BCUT2D eigenvalue weighted by molar-refractivity contribution is 7.22. The zero-order valence-corrected chi connectivity index (χ0v) is 17.5. The summed E-state index contributed by atoms with van der Waals surface area (Å²) in [5, 5.41) is 5.20. The molecule has 0 radical (unpaired) electrons. The lowest BCUT2D eigenvalue weighted by molar-refractivity contribution is 0.0980. The molecular weight excluding hydrogens is 358 g/mol. The number of hydrogen-bond donors (Lipinski definition) is 0. The minimum atomic E-state index is -0.0927. The predicted octanol–water partition coefficient (Wildman–Crippen LogP) is 3.98. The molecule has 2 aromatic heterocycles. The third-order valence-corrected chi connectivity index (χ3v) is 5.47. The lowest BCUT2D eigenvalue weighted by atomic mass is 10.2. The van der Waals surface area contributed by atoms with Gasteiger partial charge in [0.25, 0.3) is 5.91 Å². The summed E-state index contributed by atoms with van der Waals surface area (Å²) in [7, 11) is 4.08. The fraction of sp³-hybridized carbons (Fsp3) is 0.450. The molecular formula is C20H27N5OS. The van der Waals surface area contributed by atoms with Crippen molar-refractivity contribution in [3.05, 3.63) is 41.7 Å². The summed E-state index contributed by atoms with van der Waals surface area (Å²) in [6, 6.07) is 8.15. The molecule has 0 N–H and O–H groups in total. The van der Waals surface area contributed by atoms with Crippen LogP contribution in [0, 0.1) is 6.92 Å². The molecule has 0 aliphatic rings. The van der Waals surface area contributed by atoms with Gasteiger partial charge in [0.1, 0.15) is 0 Å². The van der Waals surface area contributed by atoms with Crippen LogP contribution in [0.3, 0.4) is 0 Å². The number of amides is 1. The van der Waals surface area contributed by atoms with E-state index in [9.17, 15) is 4.79 Å². The quantitative estimate of drug-likeness (QED) is 0.617. The summed E-state index contributed by atoms with van der Waals surface area (Å²) >= 11 is 1.56. The molecule has 0 aliphatic heterocycles. The van der Waals surface area contributed by atoms with Crippen molar-refractivity contribution in [2.24, 2.45) is 0 Å². The number of anilines is 1. The van der Waals surface area contributed by atoms with Crippen molar-refractivity contribution in [1.82, 2.24) is 19.7 Å². The van der Waals surface area contributed by atoms with E-state index in [1.165, 1.54) is 0 Å². The van der Waals surface area contributed by atoms with Gasteiger partial charge in [0.05, 0.1) is 10.2 Å². The number of fused-ring (bicyclic) bond motifs is 1. The number of nitrogens with zero attached hydrogens (tertiary/aromatic N) is 5. The number of para-hydroxylation sites is 1. The number of aromatic nitrogens is 3. The summed E-state index contributed by atoms with van der Waals surface area (Å²) in [5.74, 6) is -0.0927. The summed E-state index contributed by atoms with van der Waals surface area (Å²) in [6.07, 6.45) is 2.73. The van der Waals surface area contributed by atoms with Crippen molar-refractivity contribution in [3.8, 4) is 0 Å². The molecule has 0 spiro atoms. The average molecular weight is 386 g/mol. The van der Waals surface area contributed by atoms with Crippen LogP contribution in [0.5, 0.6) is 0 Å². The Hall–Kier alpha value is -2.25. The summed E-state index contributed by atoms with van der Waals surface area (Å²) in [5.41, 5.74) is 2.56. The average Bonchev–Trinajstić information content (AvgIpc) is 3.25. The maximum atomic E-state index is 13.2. The third-order valence-electron chi connectivity index (χ3n) is 4.43. The van der Waals surface area contributed by atoms with Gasteiger partial charge in [-0.2, -0.15) is 5.10 Å². The number of rotatable bonds is 7. The number of aryl methyl sites for hydroxylation is 1. The molecule has 0 atom stereocenters. The topological polar surface area (TPSA) is 54.3 Å². The highest BCUT2D eigenvalue weighted by Gasteiger charge is 2.23. The van der Waals surface area contributed by atoms with E-state index in [1.54, 1.807) is 22.3 Å². The van der Waals surface area contributed by atoms with E-state index in [-0.39, 0.29) is 11.9 Å². The second-order valence-electron chi connectivity index (χ2n) is 7.31. The largest absolute Gasteiger partial charge is 0.309 e. The Morgan fingerprint density at radius 1 is 1.22 bits per heavy atom. The third kappa shape index (κ3) is 4.36. The fourth-order valence-corrected chi connectivity index (χ4v) is 3.96. The Labute approximate surface area is 164 Å². The first-order valence-electron chi connectivity index (χ1n) is 9.24. The van der Waals surface area contributed by atoms with Crippen molar-refractivity contribution >= 4 is 32.6 Å². The van der Waals surface area contributed by atoms with Crippen LogP contribution in [0.1, 0.15) is 42.4 Å². The van der Waals surface area contributed by atoms with Gasteiger partial charge in [-0.1, -0.05) is 23.5 Å². The summed E-state index contributed by atoms with van der Waals surface area (Å²) in [6.45, 7) is 7.67. The van der Waals surface area contributed by atoms with Crippen LogP contribution in [0.2, 0.25) is 0 Å². The van der Waals surface area contributed by atoms with Crippen LogP contribution in [0.15, 0.2) is 30.5 Å². The van der Waals surface area contributed by atoms with Crippen molar-refractivity contribution in [2.75, 3.05) is 32.1 Å². The molecule has 1 aromatic carbocycles. The highest BCUT2D eigenvalue weighted by Crippen LogP contribution is 2.31. The van der Waals surface area contributed by atoms with Crippen molar-refractivity contribution in [1.29, 1.82) is 0 Å². The first-order chi connectivity index (χ1) is 12.9. The first-order valence-corrected chi connectivity index (χ1v) is 10.1. The standard InChI is InChI=1S/C20H27N5OS/c1-14(2)25-13-10-16(22-25)19(26)24(12-7-11-23(4)5)20-21-18-15(3)8-6-9-17(18)27-20/h6,8-10,13-14H,7,11-12H2,1-5H3. The number of hydrogen-bond acceptors (Lipinski definition) is 5. The van der Waals surface area contributed by atoms with E-state index in [0.29, 0.717) is 12.2 Å². The van der Waals surface area contributed by atoms with Crippen LogP contribution in [0.4, 0.5) is 5.13 Å². The van der Waals surface area contributed by atoms with Gasteiger partial charge in [-0.15, -0.1) is 0 Å². The molecule has 0 fully saturated rings. The minimum absolute atomic E-state index is 0.0927. The molecule has 6 nitrogen and oxygen atoms in total. The van der Waals surface area contributed by atoms with Crippen LogP contribution >= 0.6 is 11.3 Å².